The largest absolute Gasteiger partial charge is 0.417 e. The van der Waals surface area contributed by atoms with Crippen LogP contribution in [0, 0.1) is 66.7 Å². The Morgan fingerprint density at radius 3 is 0.887 bits per heavy atom. The minimum Gasteiger partial charge on any atom is -0.308 e. The van der Waals surface area contributed by atoms with E-state index in [-0.39, 0.29) is 22.5 Å². The Morgan fingerprint density at radius 1 is 0.325 bits per heavy atom. The van der Waals surface area contributed by atoms with Gasteiger partial charge in [-0.05, 0) is 184 Å². The highest BCUT2D eigenvalue weighted by Gasteiger charge is 2.39. The third-order valence-corrected chi connectivity index (χ3v) is 15.4. The average molecular weight is 1060 g/mol. The summed E-state index contributed by atoms with van der Waals surface area (Å²) in [6.07, 6.45) is -10.1. The molecule has 0 spiro atoms. The van der Waals surface area contributed by atoms with Gasteiger partial charge in [-0.1, -0.05) is 142 Å². The summed E-state index contributed by atoms with van der Waals surface area (Å²) in [5.74, 6) is 0. The molecule has 0 bridgehead atoms. The molecule has 0 saturated heterocycles. The van der Waals surface area contributed by atoms with Crippen LogP contribution < -0.4 is 0 Å². The maximum Gasteiger partial charge on any atom is 0.417 e. The van der Waals surface area contributed by atoms with Gasteiger partial charge in [0.05, 0.1) is 56.2 Å². The first-order chi connectivity index (χ1) is 38.1. The maximum atomic E-state index is 16.0. The fraction of sp³-hybridized carbons (Fsp3) is 0.141. The molecule has 10 aromatic carbocycles. The second kappa shape index (κ2) is 19.1. The molecular formula is C71H53F6N3. The minimum atomic E-state index is -5.12. The average Bonchev–Trinajstić information content (AvgIpc) is 4.14. The molecule has 12 rings (SSSR count). The molecule has 0 atom stereocenters. The van der Waals surface area contributed by atoms with E-state index in [2.05, 4.69) is 103 Å². The first-order valence-electron chi connectivity index (χ1n) is 26.5. The molecule has 0 N–H and O–H groups in total. The van der Waals surface area contributed by atoms with E-state index in [4.69, 9.17) is 0 Å². The van der Waals surface area contributed by atoms with Gasteiger partial charge < -0.3 is 9.13 Å². The van der Waals surface area contributed by atoms with E-state index >= 15 is 26.3 Å². The summed E-state index contributed by atoms with van der Waals surface area (Å²) in [5.41, 5.74) is 15.2. The minimum absolute atomic E-state index is 0.0849. The predicted molar refractivity (Wildman–Crippen MR) is 315 cm³/mol. The van der Waals surface area contributed by atoms with Crippen LogP contribution in [0.25, 0.3) is 111 Å². The Kier molecular flexibility index (Phi) is 12.3. The number of hydrogen-bond donors (Lipinski definition) is 0. The molecule has 0 aliphatic heterocycles. The lowest BCUT2D eigenvalue weighted by molar-refractivity contribution is -0.141. The molecule has 0 fully saturated rings. The lowest BCUT2D eigenvalue weighted by atomic mass is 9.92. The van der Waals surface area contributed by atoms with E-state index in [1.807, 2.05) is 113 Å². The fourth-order valence-corrected chi connectivity index (χ4v) is 12.3. The lowest BCUT2D eigenvalue weighted by Crippen LogP contribution is -2.13. The van der Waals surface area contributed by atoms with Gasteiger partial charge in [-0.25, -0.2) is 0 Å². The van der Waals surface area contributed by atoms with Crippen LogP contribution in [0.2, 0.25) is 0 Å². The first-order valence-corrected chi connectivity index (χ1v) is 26.5. The Labute approximate surface area is 460 Å². The number of benzene rings is 10. The van der Waals surface area contributed by atoms with Gasteiger partial charge >= 0.3 is 12.4 Å². The van der Waals surface area contributed by atoms with Crippen molar-refractivity contribution in [3.63, 3.8) is 0 Å². The Morgan fingerprint density at radius 2 is 0.625 bits per heavy atom. The third-order valence-electron chi connectivity index (χ3n) is 15.4. The van der Waals surface area contributed by atoms with Gasteiger partial charge in [0.2, 0.25) is 0 Å². The molecule has 0 aliphatic carbocycles. The molecule has 80 heavy (non-hydrogen) atoms. The molecule has 394 valence electrons. The second-order valence-electron chi connectivity index (χ2n) is 21.9. The Hall–Kier alpha value is -9.13. The third kappa shape index (κ3) is 9.18. The predicted octanol–water partition coefficient (Wildman–Crippen LogP) is 20.6. The summed E-state index contributed by atoms with van der Waals surface area (Å²) < 4.78 is 97.1. The highest BCUT2D eigenvalue weighted by molar-refractivity contribution is 6.14. The van der Waals surface area contributed by atoms with Gasteiger partial charge in [0.1, 0.15) is 0 Å². The standard InChI is InChI=1S/C71H53F6N3/c1-39-19-40(2)24-52(23-39)48-9-15-63-57(33-48)58-34-49(53-25-41(3)20-42(4)26-53)10-16-64(58)79(63)67-31-47(38-78)32-68(69(67)61-37-56(70(72,73)74)13-14-62(61)71(75,76)77)80-65-17-11-50(54-27-43(5)21-44(6)28-54)35-59(65)60-36-51(12-18-66(60)80)55-29-45(7)22-46(8)30-55/h9-37H,1-8H3. The summed E-state index contributed by atoms with van der Waals surface area (Å²) in [6, 6.07) is 56.0. The van der Waals surface area contributed by atoms with Crippen molar-refractivity contribution in [3.8, 4) is 73.1 Å². The number of fused-ring (bicyclic) bond motifs is 6. The van der Waals surface area contributed by atoms with Gasteiger partial charge in [0, 0.05) is 27.1 Å². The molecule has 0 unspecified atom stereocenters. The van der Waals surface area contributed by atoms with E-state index < -0.39 is 29.0 Å². The van der Waals surface area contributed by atoms with Crippen LogP contribution in [0.5, 0.6) is 0 Å². The van der Waals surface area contributed by atoms with Gasteiger partial charge in [-0.2, -0.15) is 31.6 Å². The summed E-state index contributed by atoms with van der Waals surface area (Å²) in [5, 5.41) is 14.2. The maximum absolute atomic E-state index is 16.0. The van der Waals surface area contributed by atoms with E-state index in [1.165, 1.54) is 12.1 Å². The summed E-state index contributed by atoms with van der Waals surface area (Å²) in [4.78, 5) is 0. The Bertz CT molecular complexity index is 4070. The number of alkyl halides is 6. The zero-order valence-electron chi connectivity index (χ0n) is 45.4. The SMILES string of the molecule is Cc1cc(C)cc(-c2ccc3c(c2)c2cc(-c4cc(C)cc(C)c4)ccc2n3-c2cc(C#N)cc(-n3c4ccc(-c5cc(C)cc(C)c5)cc4c4cc(-c5cc(C)cc(C)c5)ccc43)c2-c2cc(C(F)(F)F)ccc2C(F)(F)F)c1. The zero-order chi connectivity index (χ0) is 56.3. The topological polar surface area (TPSA) is 33.6 Å². The van der Waals surface area contributed by atoms with Crippen LogP contribution in [-0.4, -0.2) is 9.13 Å². The van der Waals surface area contributed by atoms with Gasteiger partial charge in [0.15, 0.2) is 0 Å². The van der Waals surface area contributed by atoms with Gasteiger partial charge in [-0.15, -0.1) is 0 Å². The number of rotatable bonds is 7. The molecule has 3 nitrogen and oxygen atoms in total. The van der Waals surface area contributed by atoms with Crippen LogP contribution in [0.15, 0.2) is 176 Å². The number of nitrogens with zero attached hydrogens (tertiary/aromatic N) is 3. The molecule has 9 heteroatoms. The van der Waals surface area contributed by atoms with Crippen LogP contribution in [-0.2, 0) is 12.4 Å². The van der Waals surface area contributed by atoms with E-state index in [1.54, 1.807) is 0 Å². The highest BCUT2D eigenvalue weighted by atomic mass is 19.4. The quantitative estimate of drug-likeness (QED) is 0.146. The molecule has 2 heterocycles. The fourth-order valence-electron chi connectivity index (χ4n) is 12.3. The molecular weight excluding hydrogens is 1010 g/mol. The summed E-state index contributed by atoms with van der Waals surface area (Å²) >= 11 is 0. The molecule has 12 aromatic rings. The van der Waals surface area contributed by atoms with E-state index in [0.717, 1.165) is 111 Å². The second-order valence-corrected chi connectivity index (χ2v) is 21.9. The van der Waals surface area contributed by atoms with E-state index in [0.29, 0.717) is 40.3 Å². The van der Waals surface area contributed by atoms with Crippen molar-refractivity contribution in [2.75, 3.05) is 0 Å². The smallest absolute Gasteiger partial charge is 0.308 e. The normalized spacial score (nSPS) is 12.1. The van der Waals surface area contributed by atoms with Crippen molar-refractivity contribution in [1.82, 2.24) is 9.13 Å². The van der Waals surface area contributed by atoms with Crippen LogP contribution >= 0.6 is 0 Å². The molecule has 0 radical (unpaired) electrons. The number of halogens is 6. The monoisotopic (exact) mass is 1060 g/mol. The zero-order valence-corrected chi connectivity index (χ0v) is 45.4. The summed E-state index contributed by atoms with van der Waals surface area (Å²) in [6.45, 7) is 16.3. The highest BCUT2D eigenvalue weighted by Crippen LogP contribution is 2.49. The lowest BCUT2D eigenvalue weighted by Gasteiger charge is -2.24. The number of hydrogen-bond acceptors (Lipinski definition) is 1. The first kappa shape index (κ1) is 51.6. The van der Waals surface area contributed by atoms with Crippen LogP contribution in [0.1, 0.15) is 61.2 Å². The van der Waals surface area contributed by atoms with Crippen molar-refractivity contribution in [1.29, 1.82) is 5.26 Å². The van der Waals surface area contributed by atoms with Crippen molar-refractivity contribution >= 4 is 43.6 Å². The molecule has 0 amide bonds. The van der Waals surface area contributed by atoms with Crippen molar-refractivity contribution in [2.24, 2.45) is 0 Å². The van der Waals surface area contributed by atoms with Gasteiger partial charge in [0.25, 0.3) is 0 Å². The van der Waals surface area contributed by atoms with E-state index in [9.17, 15) is 5.26 Å². The molecule has 0 saturated carbocycles. The van der Waals surface area contributed by atoms with Crippen molar-refractivity contribution in [3.05, 3.63) is 237 Å². The van der Waals surface area contributed by atoms with Crippen molar-refractivity contribution in [2.45, 2.75) is 67.7 Å². The number of nitriles is 1. The Balaban J connectivity index is 1.25. The summed E-state index contributed by atoms with van der Waals surface area (Å²) in [7, 11) is 0. The van der Waals surface area contributed by atoms with Gasteiger partial charge in [-0.3, -0.25) is 0 Å². The number of aryl methyl sites for hydroxylation is 8. The van der Waals surface area contributed by atoms with Crippen molar-refractivity contribution < 1.29 is 26.3 Å². The molecule has 2 aromatic heterocycles. The number of aromatic nitrogens is 2. The van der Waals surface area contributed by atoms with Crippen LogP contribution in [0.3, 0.4) is 0 Å². The molecule has 0 aliphatic rings. The van der Waals surface area contributed by atoms with Crippen LogP contribution in [0.4, 0.5) is 26.3 Å².